The highest BCUT2D eigenvalue weighted by Crippen LogP contribution is 2.63. The second kappa shape index (κ2) is 10.0. The maximum Gasteiger partial charge on any atom is 0.460 e. The van der Waals surface area contributed by atoms with Crippen LogP contribution >= 0.6 is 0 Å². The van der Waals surface area contributed by atoms with Crippen LogP contribution < -0.4 is 4.74 Å². The molecule has 0 saturated carbocycles. The number of hydrogen-bond donors (Lipinski definition) is 1. The molecule has 0 radical (unpaired) electrons. The van der Waals surface area contributed by atoms with Gasteiger partial charge in [0.25, 0.3) is 0 Å². The summed E-state index contributed by atoms with van der Waals surface area (Å²) in [6, 6.07) is 3.99. The molecule has 0 spiro atoms. The van der Waals surface area contributed by atoms with Crippen molar-refractivity contribution in [1.29, 1.82) is 0 Å². The van der Waals surface area contributed by atoms with Gasteiger partial charge in [-0.1, -0.05) is 31.5 Å². The average molecular weight is 562 g/mol. The first-order valence-corrected chi connectivity index (χ1v) is 9.67. The molecule has 0 fully saturated rings. The van der Waals surface area contributed by atoms with Crippen LogP contribution in [0.2, 0.25) is 0 Å². The van der Waals surface area contributed by atoms with Gasteiger partial charge in [0.2, 0.25) is 0 Å². The van der Waals surface area contributed by atoms with Crippen LogP contribution in [0.5, 0.6) is 5.75 Å². The lowest BCUT2D eigenvalue weighted by Gasteiger charge is -2.41. The first kappa shape index (κ1) is 32.0. The van der Waals surface area contributed by atoms with Gasteiger partial charge in [-0.2, -0.15) is 65.9 Å². The molecule has 1 N–H and O–H groups in total. The van der Waals surface area contributed by atoms with Crippen LogP contribution in [-0.2, 0) is 0 Å². The molecule has 36 heavy (non-hydrogen) atoms. The first-order valence-electron chi connectivity index (χ1n) is 9.67. The van der Waals surface area contributed by atoms with Crippen LogP contribution in [0.4, 0.5) is 65.9 Å². The van der Waals surface area contributed by atoms with Crippen LogP contribution in [-0.4, -0.2) is 53.4 Å². The van der Waals surface area contributed by atoms with Gasteiger partial charge in [-0.25, -0.2) is 0 Å². The summed E-state index contributed by atoms with van der Waals surface area (Å²) in [5.41, 5.74) is -0.756. The Morgan fingerprint density at radius 3 is 1.61 bits per heavy atom. The minimum absolute atomic E-state index is 0.112. The van der Waals surface area contributed by atoms with Crippen molar-refractivity contribution in [2.24, 2.45) is 0 Å². The molecule has 0 aliphatic heterocycles. The Kier molecular flexibility index (Phi) is 8.88. The van der Waals surface area contributed by atoms with Crippen molar-refractivity contribution in [3.8, 4) is 5.75 Å². The summed E-state index contributed by atoms with van der Waals surface area (Å²) in [4.78, 5) is 0. The van der Waals surface area contributed by atoms with E-state index in [1.807, 2.05) is 0 Å². The van der Waals surface area contributed by atoms with Gasteiger partial charge in [0.05, 0.1) is 12.7 Å². The van der Waals surface area contributed by atoms with Crippen molar-refractivity contribution in [3.63, 3.8) is 0 Å². The van der Waals surface area contributed by atoms with E-state index in [4.69, 9.17) is 4.74 Å². The van der Waals surface area contributed by atoms with Gasteiger partial charge in [0.1, 0.15) is 5.75 Å². The summed E-state index contributed by atoms with van der Waals surface area (Å²) in [5, 5.41) is 9.88. The molecule has 0 aliphatic rings. The minimum atomic E-state index is -8.36. The van der Waals surface area contributed by atoms with Gasteiger partial charge >= 0.3 is 41.7 Å². The Morgan fingerprint density at radius 1 is 0.694 bits per heavy atom. The lowest BCUT2D eigenvalue weighted by atomic mass is 9.88. The van der Waals surface area contributed by atoms with E-state index in [0.29, 0.717) is 12.8 Å². The van der Waals surface area contributed by atoms with Crippen LogP contribution in [0.15, 0.2) is 24.3 Å². The molecule has 210 valence electrons. The van der Waals surface area contributed by atoms with Crippen LogP contribution in [0.25, 0.3) is 0 Å². The van der Waals surface area contributed by atoms with E-state index in [-0.39, 0.29) is 6.61 Å². The van der Waals surface area contributed by atoms with Crippen molar-refractivity contribution < 1.29 is 75.7 Å². The SMILES string of the molecule is CCCCOc1ccccc1C(O)CC(F)(F)C(F)(F)C(F)(F)C(F)(F)C(F)(F)C(F)(F)C(F)(F)F. The van der Waals surface area contributed by atoms with E-state index in [1.165, 1.54) is 6.07 Å². The third-order valence-electron chi connectivity index (χ3n) is 4.88. The van der Waals surface area contributed by atoms with E-state index in [1.54, 1.807) is 6.92 Å². The first-order chi connectivity index (χ1) is 15.9. The van der Waals surface area contributed by atoms with Crippen molar-refractivity contribution in [3.05, 3.63) is 29.8 Å². The summed E-state index contributed by atoms with van der Waals surface area (Å²) in [5.74, 6) is -47.6. The Balaban J connectivity index is 3.41. The van der Waals surface area contributed by atoms with Gasteiger partial charge in [0.15, 0.2) is 0 Å². The Labute approximate surface area is 193 Å². The quantitative estimate of drug-likeness (QED) is 0.209. The normalized spacial score (nSPS) is 15.7. The summed E-state index contributed by atoms with van der Waals surface area (Å²) >= 11 is 0. The zero-order valence-electron chi connectivity index (χ0n) is 17.7. The summed E-state index contributed by atoms with van der Waals surface area (Å²) in [6.45, 7) is 1.58. The number of ether oxygens (including phenoxy) is 1. The number of para-hydroxylation sites is 1. The largest absolute Gasteiger partial charge is 0.493 e. The average Bonchev–Trinajstić information content (AvgIpc) is 2.72. The lowest BCUT2D eigenvalue weighted by molar-refractivity contribution is -0.453. The molecular formula is C19H17F15O2. The highest BCUT2D eigenvalue weighted by atomic mass is 19.4. The molecule has 2 nitrogen and oxygen atoms in total. The van der Waals surface area contributed by atoms with Crippen molar-refractivity contribution in [2.45, 2.75) is 74.0 Å². The van der Waals surface area contributed by atoms with Gasteiger partial charge in [0, 0.05) is 12.0 Å². The fourth-order valence-electron chi connectivity index (χ4n) is 2.69. The van der Waals surface area contributed by atoms with E-state index in [2.05, 4.69) is 0 Å². The summed E-state index contributed by atoms with van der Waals surface area (Å²) in [7, 11) is 0. The monoisotopic (exact) mass is 562 g/mol. The van der Waals surface area contributed by atoms with Gasteiger partial charge in [-0.15, -0.1) is 0 Å². The molecule has 0 bridgehead atoms. The maximum atomic E-state index is 14.1. The summed E-state index contributed by atoms with van der Waals surface area (Å²) in [6.07, 6.45) is -12.5. The van der Waals surface area contributed by atoms with Crippen LogP contribution in [0, 0.1) is 0 Å². The number of aliphatic hydroxyl groups excluding tert-OH is 1. The molecule has 17 heteroatoms. The third-order valence-corrected chi connectivity index (χ3v) is 4.88. The Morgan fingerprint density at radius 2 is 1.14 bits per heavy atom. The van der Waals surface area contributed by atoms with Crippen molar-refractivity contribution in [2.75, 3.05) is 6.61 Å². The second-order valence-electron chi connectivity index (χ2n) is 7.53. The van der Waals surface area contributed by atoms with Gasteiger partial charge in [-0.3, -0.25) is 0 Å². The number of unbranched alkanes of at least 4 members (excludes halogenated alkanes) is 1. The van der Waals surface area contributed by atoms with Crippen LogP contribution in [0.1, 0.15) is 37.9 Å². The zero-order valence-corrected chi connectivity index (χ0v) is 17.7. The molecule has 0 heterocycles. The van der Waals surface area contributed by atoms with Crippen molar-refractivity contribution >= 4 is 0 Å². The molecule has 1 rings (SSSR count). The highest BCUT2D eigenvalue weighted by molar-refractivity contribution is 5.35. The topological polar surface area (TPSA) is 29.5 Å². The predicted octanol–water partition coefficient (Wildman–Crippen LogP) is 7.66. The Bertz CT molecular complexity index is 880. The molecule has 1 unspecified atom stereocenters. The number of halogens is 15. The molecule has 1 atom stereocenters. The van der Waals surface area contributed by atoms with E-state index in [9.17, 15) is 71.0 Å². The second-order valence-corrected chi connectivity index (χ2v) is 7.53. The molecule has 1 aromatic carbocycles. The fraction of sp³-hybridized carbons (Fsp3) is 0.684. The molecule has 0 aromatic heterocycles. The van der Waals surface area contributed by atoms with Gasteiger partial charge < -0.3 is 9.84 Å². The smallest absolute Gasteiger partial charge is 0.460 e. The number of hydrogen-bond acceptors (Lipinski definition) is 2. The standard InChI is InChI=1S/C19H17F15O2/c1-2-3-8-36-12-7-5-4-6-10(12)11(35)9-13(20,21)14(22,23)15(24,25)16(26,27)17(28,29)18(30,31)19(32,33)34/h4-7,11,35H,2-3,8-9H2,1H3. The maximum absolute atomic E-state index is 14.1. The fourth-order valence-corrected chi connectivity index (χ4v) is 2.69. The minimum Gasteiger partial charge on any atom is -0.493 e. The van der Waals surface area contributed by atoms with E-state index in [0.717, 1.165) is 18.2 Å². The molecular weight excluding hydrogens is 545 g/mol. The molecule has 0 aliphatic carbocycles. The van der Waals surface area contributed by atoms with E-state index >= 15 is 0 Å². The number of aliphatic hydroxyl groups is 1. The number of alkyl halides is 15. The molecule has 0 amide bonds. The van der Waals surface area contributed by atoms with E-state index < -0.39 is 65.5 Å². The zero-order chi connectivity index (χ0) is 28.6. The highest BCUT2D eigenvalue weighted by Gasteiger charge is 2.93. The predicted molar refractivity (Wildman–Crippen MR) is 92.2 cm³/mol. The van der Waals surface area contributed by atoms with Crippen LogP contribution in [0.3, 0.4) is 0 Å². The third kappa shape index (κ3) is 5.16. The molecule has 0 saturated heterocycles. The summed E-state index contributed by atoms with van der Waals surface area (Å²) < 4.78 is 204. The van der Waals surface area contributed by atoms with Crippen molar-refractivity contribution in [1.82, 2.24) is 0 Å². The number of benzene rings is 1. The Hall–Kier alpha value is -2.07. The van der Waals surface area contributed by atoms with Gasteiger partial charge in [-0.05, 0) is 12.5 Å². The lowest BCUT2D eigenvalue weighted by Crippen LogP contribution is -2.72. The number of rotatable bonds is 12. The molecule has 1 aromatic rings.